The Kier molecular flexibility index (Phi) is 4.33. The minimum absolute atomic E-state index is 0.161. The first-order valence-corrected chi connectivity index (χ1v) is 8.55. The van der Waals surface area contributed by atoms with Crippen molar-refractivity contribution >= 4 is 33.0 Å². The molecule has 0 unspecified atom stereocenters. The molecule has 1 aliphatic carbocycles. The van der Waals surface area contributed by atoms with Gasteiger partial charge in [-0.25, -0.2) is 13.1 Å². The Morgan fingerprint density at radius 3 is 2.50 bits per heavy atom. The van der Waals surface area contributed by atoms with Crippen LogP contribution in [0.3, 0.4) is 0 Å². The number of sulfonamides is 1. The van der Waals surface area contributed by atoms with Gasteiger partial charge in [-0.3, -0.25) is 0 Å². The van der Waals surface area contributed by atoms with Crippen LogP contribution in [0, 0.1) is 0 Å². The first-order chi connectivity index (χ1) is 8.47. The summed E-state index contributed by atoms with van der Waals surface area (Å²) in [6.45, 7) is -0.161. The van der Waals surface area contributed by atoms with E-state index in [1.165, 1.54) is 6.07 Å². The van der Waals surface area contributed by atoms with Gasteiger partial charge in [0.2, 0.25) is 0 Å². The minimum atomic E-state index is -3.59. The number of halogens is 1. The van der Waals surface area contributed by atoms with Gasteiger partial charge < -0.3 is 5.11 Å². The van der Waals surface area contributed by atoms with Gasteiger partial charge >= 0.3 is 0 Å². The maximum absolute atomic E-state index is 12.2. The fourth-order valence-electron chi connectivity index (χ4n) is 2.30. The second kappa shape index (κ2) is 5.46. The average molecular weight is 310 g/mol. The van der Waals surface area contributed by atoms with E-state index in [2.05, 4.69) is 4.72 Å². The maximum atomic E-state index is 12.2. The van der Waals surface area contributed by atoms with Gasteiger partial charge in [-0.15, -0.1) is 11.3 Å². The van der Waals surface area contributed by atoms with Gasteiger partial charge in [-0.1, -0.05) is 30.9 Å². The van der Waals surface area contributed by atoms with Crippen molar-refractivity contribution in [2.45, 2.75) is 41.9 Å². The van der Waals surface area contributed by atoms with Crippen LogP contribution in [0.5, 0.6) is 0 Å². The van der Waals surface area contributed by atoms with E-state index < -0.39 is 15.6 Å². The molecule has 1 saturated carbocycles. The van der Waals surface area contributed by atoms with Crippen molar-refractivity contribution in [1.82, 2.24) is 4.72 Å². The highest BCUT2D eigenvalue weighted by Crippen LogP contribution is 2.31. The maximum Gasteiger partial charge on any atom is 0.250 e. The van der Waals surface area contributed by atoms with Crippen molar-refractivity contribution in [3.63, 3.8) is 0 Å². The van der Waals surface area contributed by atoms with E-state index in [9.17, 15) is 13.5 Å². The zero-order valence-electron chi connectivity index (χ0n) is 9.86. The Bertz CT molecular complexity index is 506. The normalized spacial score (nSPS) is 19.9. The lowest BCUT2D eigenvalue weighted by Gasteiger charge is -2.35. The van der Waals surface area contributed by atoms with E-state index in [0.29, 0.717) is 17.2 Å². The Balaban J connectivity index is 2.21. The largest absolute Gasteiger partial charge is 0.394 e. The molecule has 2 N–H and O–H groups in total. The Labute approximate surface area is 116 Å². The summed E-state index contributed by atoms with van der Waals surface area (Å²) >= 11 is 6.78. The second-order valence-electron chi connectivity index (χ2n) is 4.66. The van der Waals surface area contributed by atoms with Crippen molar-refractivity contribution in [2.24, 2.45) is 0 Å². The fraction of sp³-hybridized carbons (Fsp3) is 0.636. The SMILES string of the molecule is O=S(=O)(NC1(CO)CCCCC1)c1ccc(Cl)s1. The van der Waals surface area contributed by atoms with E-state index in [4.69, 9.17) is 11.6 Å². The number of rotatable bonds is 4. The van der Waals surface area contributed by atoms with Gasteiger partial charge in [0.25, 0.3) is 10.0 Å². The predicted octanol–water partition coefficient (Wildman–Crippen LogP) is 2.38. The predicted molar refractivity (Wildman–Crippen MR) is 72.6 cm³/mol. The van der Waals surface area contributed by atoms with Crippen molar-refractivity contribution in [1.29, 1.82) is 0 Å². The highest BCUT2D eigenvalue weighted by Gasteiger charge is 2.36. The summed E-state index contributed by atoms with van der Waals surface area (Å²) in [6, 6.07) is 3.05. The summed E-state index contributed by atoms with van der Waals surface area (Å²) in [5, 5.41) is 9.51. The molecule has 1 heterocycles. The number of hydrogen-bond donors (Lipinski definition) is 2. The molecule has 102 valence electrons. The molecule has 1 fully saturated rings. The summed E-state index contributed by atoms with van der Waals surface area (Å²) in [7, 11) is -3.59. The first-order valence-electron chi connectivity index (χ1n) is 5.88. The number of nitrogens with one attached hydrogen (secondary N) is 1. The molecule has 1 aromatic heterocycles. The molecule has 7 heteroatoms. The van der Waals surface area contributed by atoms with Gasteiger partial charge in [0.15, 0.2) is 0 Å². The van der Waals surface area contributed by atoms with Gasteiger partial charge in [0, 0.05) is 0 Å². The van der Waals surface area contributed by atoms with Crippen LogP contribution in [0.25, 0.3) is 0 Å². The molecule has 0 aromatic carbocycles. The molecule has 0 spiro atoms. The van der Waals surface area contributed by atoms with Crippen LogP contribution in [0.15, 0.2) is 16.3 Å². The highest BCUT2D eigenvalue weighted by molar-refractivity contribution is 7.91. The summed E-state index contributed by atoms with van der Waals surface area (Å²) in [5.74, 6) is 0. The van der Waals surface area contributed by atoms with Gasteiger partial charge in [-0.2, -0.15) is 0 Å². The quantitative estimate of drug-likeness (QED) is 0.897. The molecule has 1 aliphatic rings. The van der Waals surface area contributed by atoms with E-state index in [0.717, 1.165) is 30.6 Å². The number of thiophene rings is 1. The van der Waals surface area contributed by atoms with Crippen molar-refractivity contribution < 1.29 is 13.5 Å². The van der Waals surface area contributed by atoms with Crippen LogP contribution in [0.2, 0.25) is 4.34 Å². The molecule has 0 amide bonds. The summed E-state index contributed by atoms with van der Waals surface area (Å²) in [4.78, 5) is 0. The van der Waals surface area contributed by atoms with Crippen LogP contribution < -0.4 is 4.72 Å². The molecule has 18 heavy (non-hydrogen) atoms. The van der Waals surface area contributed by atoms with Crippen molar-refractivity contribution in [3.05, 3.63) is 16.5 Å². The molecule has 0 saturated heterocycles. The van der Waals surface area contributed by atoms with E-state index in [1.807, 2.05) is 0 Å². The van der Waals surface area contributed by atoms with Crippen molar-refractivity contribution in [3.8, 4) is 0 Å². The van der Waals surface area contributed by atoms with Crippen LogP contribution >= 0.6 is 22.9 Å². The summed E-state index contributed by atoms with van der Waals surface area (Å²) in [6.07, 6.45) is 4.33. The lowest BCUT2D eigenvalue weighted by molar-refractivity contribution is 0.142. The van der Waals surface area contributed by atoms with Gasteiger partial charge in [0.1, 0.15) is 4.21 Å². The van der Waals surface area contributed by atoms with Crippen LogP contribution in [0.4, 0.5) is 0 Å². The highest BCUT2D eigenvalue weighted by atomic mass is 35.5. The number of hydrogen-bond acceptors (Lipinski definition) is 4. The zero-order valence-corrected chi connectivity index (χ0v) is 12.2. The molecular weight excluding hydrogens is 294 g/mol. The fourth-order valence-corrected chi connectivity index (χ4v) is 5.23. The third-order valence-corrected chi connectivity index (χ3v) is 6.58. The second-order valence-corrected chi connectivity index (χ2v) is 8.29. The average Bonchev–Trinajstić information content (AvgIpc) is 2.77. The standard InChI is InChI=1S/C11H16ClNO3S2/c12-9-4-5-10(17-9)18(15,16)13-11(8-14)6-2-1-3-7-11/h4-5,13-14H,1-3,6-8H2. The molecule has 4 nitrogen and oxygen atoms in total. The zero-order chi connectivity index (χ0) is 13.2. The van der Waals surface area contributed by atoms with Gasteiger partial charge in [0.05, 0.1) is 16.5 Å². The lowest BCUT2D eigenvalue weighted by Crippen LogP contribution is -2.52. The van der Waals surface area contributed by atoms with Gasteiger partial charge in [-0.05, 0) is 25.0 Å². The van der Waals surface area contributed by atoms with E-state index in [1.54, 1.807) is 6.07 Å². The summed E-state index contributed by atoms with van der Waals surface area (Å²) in [5.41, 5.74) is -0.701. The third-order valence-electron chi connectivity index (χ3n) is 3.28. The Morgan fingerprint density at radius 2 is 2.00 bits per heavy atom. The molecule has 0 aliphatic heterocycles. The smallest absolute Gasteiger partial charge is 0.250 e. The van der Waals surface area contributed by atoms with E-state index in [-0.39, 0.29) is 10.8 Å². The first kappa shape index (κ1) is 14.3. The van der Waals surface area contributed by atoms with Crippen LogP contribution in [-0.2, 0) is 10.0 Å². The molecule has 0 bridgehead atoms. The molecule has 2 rings (SSSR count). The number of aliphatic hydroxyl groups excluding tert-OH is 1. The molecule has 0 atom stereocenters. The third kappa shape index (κ3) is 3.05. The minimum Gasteiger partial charge on any atom is -0.394 e. The monoisotopic (exact) mass is 309 g/mol. The lowest BCUT2D eigenvalue weighted by atomic mass is 9.83. The topological polar surface area (TPSA) is 66.4 Å². The van der Waals surface area contributed by atoms with E-state index >= 15 is 0 Å². The molecular formula is C11H16ClNO3S2. The Morgan fingerprint density at radius 1 is 1.33 bits per heavy atom. The molecule has 1 aromatic rings. The molecule has 0 radical (unpaired) electrons. The summed E-state index contributed by atoms with van der Waals surface area (Å²) < 4.78 is 27.7. The Hall–Kier alpha value is -0.140. The van der Waals surface area contributed by atoms with Crippen LogP contribution in [-0.4, -0.2) is 25.7 Å². The van der Waals surface area contributed by atoms with Crippen molar-refractivity contribution in [2.75, 3.05) is 6.61 Å². The number of aliphatic hydroxyl groups is 1. The van der Waals surface area contributed by atoms with Crippen LogP contribution in [0.1, 0.15) is 32.1 Å².